The molecule has 0 saturated heterocycles. The van der Waals surface area contributed by atoms with E-state index in [1.807, 2.05) is 48.5 Å². The van der Waals surface area contributed by atoms with E-state index >= 15 is 0 Å². The third-order valence-corrected chi connectivity index (χ3v) is 4.66. The molecule has 0 fully saturated rings. The van der Waals surface area contributed by atoms with Crippen molar-refractivity contribution in [2.75, 3.05) is 0 Å². The first-order valence-electron chi connectivity index (χ1n) is 8.52. The second kappa shape index (κ2) is 7.72. The number of aryl methyl sites for hydroxylation is 1. The Bertz CT molecular complexity index is 837. The van der Waals surface area contributed by atoms with E-state index in [2.05, 4.69) is 30.9 Å². The maximum absolute atomic E-state index is 14.7. The van der Waals surface area contributed by atoms with Gasteiger partial charge in [-0.05, 0) is 47.4 Å². The lowest BCUT2D eigenvalue weighted by molar-refractivity contribution is 0.376. The second-order valence-electron chi connectivity index (χ2n) is 6.19. The van der Waals surface area contributed by atoms with E-state index < -0.39 is 11.0 Å². The summed E-state index contributed by atoms with van der Waals surface area (Å²) in [6, 6.07) is 17.8. The number of alkyl halides is 2. The van der Waals surface area contributed by atoms with Crippen LogP contribution < -0.4 is 0 Å². The first-order chi connectivity index (χ1) is 12.1. The van der Waals surface area contributed by atoms with Crippen molar-refractivity contribution in [1.29, 1.82) is 0 Å². The number of hydrogen-bond donors (Lipinski definition) is 0. The largest absolute Gasteiger partial charge is 0.239 e. The third-order valence-electron chi connectivity index (χ3n) is 4.23. The average Bonchev–Trinajstić information content (AvgIpc) is 2.65. The Hall–Kier alpha value is -2.30. The van der Waals surface area contributed by atoms with Crippen molar-refractivity contribution in [2.45, 2.75) is 30.8 Å². The standard InChI is InChI=1S/C23H20ClF/c1-2-6-18-9-11-19(12-10-18)13-15-23(24)16-14-21(17-22(23)25)20-7-4-3-5-8-20/h3-5,7-12,14,16-17,22H,2,6H2,1H3. The summed E-state index contributed by atoms with van der Waals surface area (Å²) in [6.45, 7) is 2.15. The lowest BCUT2D eigenvalue weighted by atomic mass is 9.91. The monoisotopic (exact) mass is 350 g/mol. The molecular formula is C23H20ClF. The molecule has 0 amide bonds. The average molecular weight is 351 g/mol. The molecule has 0 nitrogen and oxygen atoms in total. The summed E-state index contributed by atoms with van der Waals surface area (Å²) in [7, 11) is 0. The van der Waals surface area contributed by atoms with Crippen LogP contribution in [0.15, 0.2) is 72.8 Å². The highest BCUT2D eigenvalue weighted by Crippen LogP contribution is 2.33. The van der Waals surface area contributed by atoms with Crippen LogP contribution in [0.5, 0.6) is 0 Å². The van der Waals surface area contributed by atoms with Crippen LogP contribution in [0.4, 0.5) is 4.39 Å². The summed E-state index contributed by atoms with van der Waals surface area (Å²) in [5, 5.41) is 0. The van der Waals surface area contributed by atoms with Gasteiger partial charge in [-0.25, -0.2) is 4.39 Å². The molecular weight excluding hydrogens is 331 g/mol. The van der Waals surface area contributed by atoms with Crippen LogP contribution in [0.2, 0.25) is 0 Å². The van der Waals surface area contributed by atoms with E-state index in [0.29, 0.717) is 0 Å². The van der Waals surface area contributed by atoms with Crippen LogP contribution in [0.3, 0.4) is 0 Å². The molecule has 0 aromatic heterocycles. The SMILES string of the molecule is CCCc1ccc(C#CC2(Cl)C=CC(c3ccccc3)=CC2F)cc1. The van der Waals surface area contributed by atoms with Gasteiger partial charge in [0.05, 0.1) is 0 Å². The third kappa shape index (κ3) is 4.21. The zero-order chi connectivity index (χ0) is 17.7. The van der Waals surface area contributed by atoms with E-state index in [4.69, 9.17) is 11.6 Å². The zero-order valence-corrected chi connectivity index (χ0v) is 14.9. The molecule has 2 aromatic carbocycles. The first-order valence-corrected chi connectivity index (χ1v) is 8.90. The molecule has 0 bridgehead atoms. The number of allylic oxidation sites excluding steroid dienone is 4. The van der Waals surface area contributed by atoms with Crippen LogP contribution in [-0.2, 0) is 6.42 Å². The summed E-state index contributed by atoms with van der Waals surface area (Å²) >= 11 is 6.43. The van der Waals surface area contributed by atoms with Gasteiger partial charge in [0.15, 0.2) is 11.0 Å². The Kier molecular flexibility index (Phi) is 5.41. The lowest BCUT2D eigenvalue weighted by Gasteiger charge is -2.24. The molecule has 0 spiro atoms. The van der Waals surface area contributed by atoms with Gasteiger partial charge < -0.3 is 0 Å². The minimum Gasteiger partial charge on any atom is -0.239 e. The number of rotatable bonds is 3. The molecule has 0 saturated carbocycles. The van der Waals surface area contributed by atoms with Crippen molar-refractivity contribution >= 4 is 17.2 Å². The highest BCUT2D eigenvalue weighted by molar-refractivity contribution is 6.28. The van der Waals surface area contributed by atoms with E-state index in [-0.39, 0.29) is 0 Å². The van der Waals surface area contributed by atoms with Gasteiger partial charge in [0.1, 0.15) is 0 Å². The molecule has 25 heavy (non-hydrogen) atoms. The fourth-order valence-electron chi connectivity index (χ4n) is 2.78. The molecule has 0 radical (unpaired) electrons. The highest BCUT2D eigenvalue weighted by atomic mass is 35.5. The van der Waals surface area contributed by atoms with E-state index in [1.54, 1.807) is 12.2 Å². The molecule has 1 aliphatic carbocycles. The van der Waals surface area contributed by atoms with E-state index in [1.165, 1.54) is 5.56 Å². The maximum atomic E-state index is 14.7. The summed E-state index contributed by atoms with van der Waals surface area (Å²) in [5.74, 6) is 5.90. The molecule has 2 unspecified atom stereocenters. The van der Waals surface area contributed by atoms with Crippen molar-refractivity contribution in [3.05, 3.63) is 89.5 Å². The Balaban J connectivity index is 1.78. The highest BCUT2D eigenvalue weighted by Gasteiger charge is 2.34. The predicted molar refractivity (Wildman–Crippen MR) is 104 cm³/mol. The maximum Gasteiger partial charge on any atom is 0.158 e. The Morgan fingerprint density at radius 2 is 1.80 bits per heavy atom. The molecule has 0 heterocycles. The van der Waals surface area contributed by atoms with Gasteiger partial charge in [-0.1, -0.05) is 85.3 Å². The van der Waals surface area contributed by atoms with Gasteiger partial charge in [-0.2, -0.15) is 0 Å². The normalized spacial score (nSPS) is 22.0. The van der Waals surface area contributed by atoms with Crippen LogP contribution in [0.1, 0.15) is 30.0 Å². The van der Waals surface area contributed by atoms with Crippen molar-refractivity contribution < 1.29 is 4.39 Å². The van der Waals surface area contributed by atoms with Gasteiger partial charge in [-0.3, -0.25) is 0 Å². The van der Waals surface area contributed by atoms with Crippen molar-refractivity contribution in [2.24, 2.45) is 0 Å². The summed E-state index contributed by atoms with van der Waals surface area (Å²) in [5.41, 5.74) is 3.93. The van der Waals surface area contributed by atoms with Crippen LogP contribution in [0.25, 0.3) is 5.57 Å². The molecule has 2 heteroatoms. The van der Waals surface area contributed by atoms with E-state index in [0.717, 1.165) is 29.5 Å². The lowest BCUT2D eigenvalue weighted by Crippen LogP contribution is -2.30. The molecule has 3 rings (SSSR count). The number of hydrogen-bond acceptors (Lipinski definition) is 0. The molecule has 0 N–H and O–H groups in total. The van der Waals surface area contributed by atoms with Gasteiger partial charge in [0, 0.05) is 5.56 Å². The Labute approximate surface area is 154 Å². The summed E-state index contributed by atoms with van der Waals surface area (Å²) in [4.78, 5) is -1.32. The van der Waals surface area contributed by atoms with Gasteiger partial charge in [-0.15, -0.1) is 0 Å². The smallest absolute Gasteiger partial charge is 0.158 e. The van der Waals surface area contributed by atoms with Gasteiger partial charge >= 0.3 is 0 Å². The molecule has 1 aliphatic rings. The molecule has 2 atom stereocenters. The topological polar surface area (TPSA) is 0 Å². The molecule has 2 aromatic rings. The van der Waals surface area contributed by atoms with Crippen molar-refractivity contribution in [3.63, 3.8) is 0 Å². The van der Waals surface area contributed by atoms with Crippen molar-refractivity contribution in [1.82, 2.24) is 0 Å². The van der Waals surface area contributed by atoms with Crippen LogP contribution in [-0.4, -0.2) is 11.0 Å². The van der Waals surface area contributed by atoms with Crippen LogP contribution in [0, 0.1) is 11.8 Å². The van der Waals surface area contributed by atoms with E-state index in [9.17, 15) is 4.39 Å². The molecule has 126 valence electrons. The Morgan fingerprint density at radius 3 is 2.44 bits per heavy atom. The molecule has 0 aliphatic heterocycles. The number of benzene rings is 2. The fourth-order valence-corrected chi connectivity index (χ4v) is 2.96. The quantitative estimate of drug-likeness (QED) is 0.473. The minimum absolute atomic E-state index is 0.829. The van der Waals surface area contributed by atoms with Crippen LogP contribution >= 0.6 is 11.6 Å². The zero-order valence-electron chi connectivity index (χ0n) is 14.2. The summed E-state index contributed by atoms with van der Waals surface area (Å²) in [6.07, 6.45) is 5.84. The van der Waals surface area contributed by atoms with Gasteiger partial charge in [0.25, 0.3) is 0 Å². The predicted octanol–water partition coefficient (Wildman–Crippen LogP) is 5.96. The number of halogens is 2. The van der Waals surface area contributed by atoms with Gasteiger partial charge in [0.2, 0.25) is 0 Å². The first kappa shape index (κ1) is 17.5. The minimum atomic E-state index is -1.36. The Morgan fingerprint density at radius 1 is 1.08 bits per heavy atom. The second-order valence-corrected chi connectivity index (χ2v) is 6.81. The summed E-state index contributed by atoms with van der Waals surface area (Å²) < 4.78 is 14.7. The fraction of sp³-hybridized carbons (Fsp3) is 0.217. The van der Waals surface area contributed by atoms with Crippen molar-refractivity contribution in [3.8, 4) is 11.8 Å².